The van der Waals surface area contributed by atoms with Crippen LogP contribution in [0.3, 0.4) is 0 Å². The first-order valence-corrected chi connectivity index (χ1v) is 4.99. The van der Waals surface area contributed by atoms with E-state index in [9.17, 15) is 0 Å². The quantitative estimate of drug-likeness (QED) is 0.642. The summed E-state index contributed by atoms with van der Waals surface area (Å²) in [6.45, 7) is 2.89. The number of hydrogen-bond donors (Lipinski definition) is 1. The first-order valence-electron chi connectivity index (χ1n) is 4.99. The molecule has 0 radical (unpaired) electrons. The molecule has 0 saturated carbocycles. The second-order valence-corrected chi connectivity index (χ2v) is 3.15. The van der Waals surface area contributed by atoms with Gasteiger partial charge in [0.2, 0.25) is 0 Å². The van der Waals surface area contributed by atoms with Crippen molar-refractivity contribution in [3.63, 3.8) is 0 Å². The Labute approximate surface area is 89.8 Å². The number of ether oxygens (including phenoxy) is 2. The van der Waals surface area contributed by atoms with Gasteiger partial charge in [0.15, 0.2) is 5.89 Å². The van der Waals surface area contributed by atoms with Crippen molar-refractivity contribution in [2.24, 2.45) is 0 Å². The Bertz CT molecular complexity index is 263. The van der Waals surface area contributed by atoms with Crippen LogP contribution in [0.5, 0.6) is 0 Å². The van der Waals surface area contributed by atoms with E-state index in [0.29, 0.717) is 6.61 Å². The van der Waals surface area contributed by atoms with E-state index in [1.54, 1.807) is 20.4 Å². The molecule has 5 heteroatoms. The Hall–Kier alpha value is -0.910. The molecule has 0 unspecified atom stereocenters. The van der Waals surface area contributed by atoms with Crippen LogP contribution in [0.25, 0.3) is 0 Å². The summed E-state index contributed by atoms with van der Waals surface area (Å²) in [6, 6.07) is 0. The van der Waals surface area contributed by atoms with Gasteiger partial charge in [-0.25, -0.2) is 4.98 Å². The average molecular weight is 214 g/mol. The van der Waals surface area contributed by atoms with E-state index in [1.165, 1.54) is 0 Å². The molecule has 1 N–H and O–H groups in total. The van der Waals surface area contributed by atoms with Crippen LogP contribution < -0.4 is 5.32 Å². The third-order valence-corrected chi connectivity index (χ3v) is 1.89. The lowest BCUT2D eigenvalue weighted by Crippen LogP contribution is -2.21. The first-order chi connectivity index (χ1) is 7.36. The predicted octanol–water partition coefficient (Wildman–Crippen LogP) is 0.599. The highest BCUT2D eigenvalue weighted by Crippen LogP contribution is 2.04. The maximum Gasteiger partial charge on any atom is 0.195 e. The van der Waals surface area contributed by atoms with Crippen LogP contribution in [0.2, 0.25) is 0 Å². The number of aromatic nitrogens is 1. The Morgan fingerprint density at radius 1 is 1.33 bits per heavy atom. The van der Waals surface area contributed by atoms with Gasteiger partial charge in [-0.15, -0.1) is 0 Å². The molecule has 0 aromatic carbocycles. The normalized spacial score (nSPS) is 10.8. The fraction of sp³-hybridized carbons (Fsp3) is 0.700. The third-order valence-electron chi connectivity index (χ3n) is 1.89. The van der Waals surface area contributed by atoms with E-state index >= 15 is 0 Å². The molecule has 1 heterocycles. The van der Waals surface area contributed by atoms with Crippen LogP contribution in [0.15, 0.2) is 10.6 Å². The Morgan fingerprint density at radius 3 is 2.93 bits per heavy atom. The molecule has 5 nitrogen and oxygen atoms in total. The van der Waals surface area contributed by atoms with E-state index < -0.39 is 0 Å². The number of rotatable bonds is 8. The van der Waals surface area contributed by atoms with Crippen molar-refractivity contribution in [3.8, 4) is 0 Å². The molecular formula is C10H18N2O3. The van der Waals surface area contributed by atoms with Gasteiger partial charge in [0, 0.05) is 33.7 Å². The smallest absolute Gasteiger partial charge is 0.195 e. The largest absolute Gasteiger partial charge is 0.443 e. The van der Waals surface area contributed by atoms with Crippen molar-refractivity contribution in [1.29, 1.82) is 0 Å². The van der Waals surface area contributed by atoms with Crippen molar-refractivity contribution in [3.05, 3.63) is 17.8 Å². The monoisotopic (exact) mass is 214 g/mol. The molecule has 1 aromatic rings. The fourth-order valence-corrected chi connectivity index (χ4v) is 1.17. The van der Waals surface area contributed by atoms with Crippen molar-refractivity contribution < 1.29 is 13.9 Å². The number of nitrogens with one attached hydrogen (secondary N) is 1. The molecule has 0 spiro atoms. The first kappa shape index (κ1) is 12.2. The van der Waals surface area contributed by atoms with E-state index in [2.05, 4.69) is 10.3 Å². The zero-order valence-electron chi connectivity index (χ0n) is 9.28. The van der Waals surface area contributed by atoms with Crippen molar-refractivity contribution in [2.45, 2.75) is 13.0 Å². The summed E-state index contributed by atoms with van der Waals surface area (Å²) < 4.78 is 15.3. The minimum absolute atomic E-state index is 0.476. The van der Waals surface area contributed by atoms with Gasteiger partial charge in [-0.2, -0.15) is 0 Å². The molecule has 0 bridgehead atoms. The molecule has 15 heavy (non-hydrogen) atoms. The van der Waals surface area contributed by atoms with Crippen LogP contribution in [0.1, 0.15) is 11.7 Å². The molecule has 0 aliphatic rings. The summed E-state index contributed by atoms with van der Waals surface area (Å²) in [5, 5.41) is 3.22. The number of hydrogen-bond acceptors (Lipinski definition) is 5. The number of oxazole rings is 1. The summed E-state index contributed by atoms with van der Waals surface area (Å²) in [7, 11) is 3.32. The third kappa shape index (κ3) is 4.92. The highest BCUT2D eigenvalue weighted by Gasteiger charge is 2.02. The summed E-state index contributed by atoms with van der Waals surface area (Å²) in [4.78, 5) is 4.13. The minimum atomic E-state index is 0.476. The summed E-state index contributed by atoms with van der Waals surface area (Å²) in [5.41, 5.74) is 0. The van der Waals surface area contributed by atoms with Gasteiger partial charge in [-0.1, -0.05) is 0 Å². The lowest BCUT2D eigenvalue weighted by Gasteiger charge is -2.01. The van der Waals surface area contributed by atoms with Crippen molar-refractivity contribution in [1.82, 2.24) is 10.3 Å². The van der Waals surface area contributed by atoms with E-state index in [0.717, 1.165) is 37.8 Å². The Morgan fingerprint density at radius 2 is 2.20 bits per heavy atom. The average Bonchev–Trinajstić information content (AvgIpc) is 2.66. The van der Waals surface area contributed by atoms with Crippen LogP contribution in [0, 0.1) is 0 Å². The molecule has 0 fully saturated rings. The fourth-order valence-electron chi connectivity index (χ4n) is 1.17. The van der Waals surface area contributed by atoms with E-state index in [4.69, 9.17) is 13.9 Å². The maximum absolute atomic E-state index is 5.42. The molecule has 0 aliphatic heterocycles. The molecule has 0 atom stereocenters. The van der Waals surface area contributed by atoms with E-state index in [-0.39, 0.29) is 0 Å². The topological polar surface area (TPSA) is 56.5 Å². The Balaban J connectivity index is 2.14. The number of nitrogens with zero attached hydrogens (tertiary/aromatic N) is 1. The van der Waals surface area contributed by atoms with Gasteiger partial charge in [-0.05, 0) is 0 Å². The van der Waals surface area contributed by atoms with E-state index in [1.807, 2.05) is 0 Å². The van der Waals surface area contributed by atoms with Crippen LogP contribution in [-0.4, -0.2) is 38.9 Å². The van der Waals surface area contributed by atoms with Gasteiger partial charge >= 0.3 is 0 Å². The molecular weight excluding hydrogens is 196 g/mol. The van der Waals surface area contributed by atoms with Gasteiger partial charge in [0.1, 0.15) is 12.4 Å². The summed E-state index contributed by atoms with van der Waals surface area (Å²) in [5.74, 6) is 1.51. The number of methoxy groups -OCH3 is 2. The zero-order chi connectivity index (χ0) is 10.9. The Kier molecular flexibility index (Phi) is 5.99. The lowest BCUT2D eigenvalue weighted by atomic mass is 10.4. The molecule has 1 aromatic heterocycles. The standard InChI is InChI=1S/C10H18N2O3/c1-13-6-5-11-4-3-10-12-7-9(15-10)8-14-2/h7,11H,3-6,8H2,1-2H3. The lowest BCUT2D eigenvalue weighted by molar-refractivity contribution is 0.162. The molecule has 0 saturated heterocycles. The second kappa shape index (κ2) is 7.39. The summed E-state index contributed by atoms with van der Waals surface area (Å²) >= 11 is 0. The predicted molar refractivity (Wildman–Crippen MR) is 55.7 cm³/mol. The molecule has 1 rings (SSSR count). The SMILES string of the molecule is COCCNCCc1ncc(COC)o1. The van der Waals surface area contributed by atoms with Gasteiger partial charge in [0.05, 0.1) is 12.8 Å². The van der Waals surface area contributed by atoms with Crippen LogP contribution >= 0.6 is 0 Å². The molecule has 0 aliphatic carbocycles. The zero-order valence-corrected chi connectivity index (χ0v) is 9.28. The highest BCUT2D eigenvalue weighted by molar-refractivity contribution is 4.92. The van der Waals surface area contributed by atoms with Crippen LogP contribution in [-0.2, 0) is 22.5 Å². The van der Waals surface area contributed by atoms with Gasteiger partial charge in [-0.3, -0.25) is 0 Å². The second-order valence-electron chi connectivity index (χ2n) is 3.15. The molecule has 0 amide bonds. The molecule has 86 valence electrons. The minimum Gasteiger partial charge on any atom is -0.443 e. The highest BCUT2D eigenvalue weighted by atomic mass is 16.5. The van der Waals surface area contributed by atoms with Crippen LogP contribution in [0.4, 0.5) is 0 Å². The van der Waals surface area contributed by atoms with Gasteiger partial charge < -0.3 is 19.2 Å². The van der Waals surface area contributed by atoms with Crippen molar-refractivity contribution in [2.75, 3.05) is 33.9 Å². The van der Waals surface area contributed by atoms with Gasteiger partial charge in [0.25, 0.3) is 0 Å². The summed E-state index contributed by atoms with van der Waals surface area (Å²) in [6.07, 6.45) is 2.49. The maximum atomic E-state index is 5.42. The van der Waals surface area contributed by atoms with Crippen molar-refractivity contribution >= 4 is 0 Å².